The molecule has 0 bridgehead atoms. The molecule has 0 aliphatic carbocycles. The summed E-state index contributed by atoms with van der Waals surface area (Å²) < 4.78 is 17.7. The lowest BCUT2D eigenvalue weighted by Gasteiger charge is -2.12. The van der Waals surface area contributed by atoms with E-state index in [4.69, 9.17) is 4.74 Å². The predicted octanol–water partition coefficient (Wildman–Crippen LogP) is 1.57. The van der Waals surface area contributed by atoms with E-state index in [2.05, 4.69) is 10.6 Å². The molecule has 0 aliphatic heterocycles. The number of carbonyl (C=O) groups is 3. The van der Waals surface area contributed by atoms with Crippen molar-refractivity contribution >= 4 is 35.2 Å². The normalized spacial score (nSPS) is 11.4. The van der Waals surface area contributed by atoms with Crippen LogP contribution in [-0.4, -0.2) is 41.9 Å². The van der Waals surface area contributed by atoms with Crippen LogP contribution in [0, 0.1) is 5.82 Å². The summed E-state index contributed by atoms with van der Waals surface area (Å²) in [4.78, 5) is 34.6. The van der Waals surface area contributed by atoms with E-state index in [0.29, 0.717) is 12.2 Å². The Balaban J connectivity index is 2.25. The minimum atomic E-state index is -0.865. The molecular weight excluding hydrogens is 323 g/mol. The Morgan fingerprint density at radius 3 is 2.48 bits per heavy atom. The summed E-state index contributed by atoms with van der Waals surface area (Å²) in [5.41, 5.74) is 0.476. The lowest BCUT2D eigenvalue weighted by molar-refractivity contribution is -0.152. The topological polar surface area (TPSA) is 84.5 Å². The zero-order chi connectivity index (χ0) is 17.2. The van der Waals surface area contributed by atoms with Gasteiger partial charge in [0.25, 0.3) is 5.91 Å². The fraction of sp³-hybridized carbons (Fsp3) is 0.400. The summed E-state index contributed by atoms with van der Waals surface area (Å²) in [5.74, 6) is -1.63. The molecule has 8 heteroatoms. The zero-order valence-corrected chi connectivity index (χ0v) is 13.7. The number of esters is 1. The van der Waals surface area contributed by atoms with Gasteiger partial charge >= 0.3 is 5.97 Å². The molecule has 1 aromatic carbocycles. The van der Waals surface area contributed by atoms with Crippen molar-refractivity contribution < 1.29 is 23.5 Å². The molecule has 2 N–H and O–H groups in total. The highest BCUT2D eigenvalue weighted by molar-refractivity contribution is 8.00. The predicted molar refractivity (Wildman–Crippen MR) is 86.6 cm³/mol. The van der Waals surface area contributed by atoms with Gasteiger partial charge in [0.1, 0.15) is 5.82 Å². The lowest BCUT2D eigenvalue weighted by Crippen LogP contribution is -2.36. The highest BCUT2D eigenvalue weighted by Gasteiger charge is 2.17. The molecule has 2 amide bonds. The van der Waals surface area contributed by atoms with Crippen molar-refractivity contribution in [1.29, 1.82) is 0 Å². The van der Waals surface area contributed by atoms with Gasteiger partial charge in [-0.2, -0.15) is 0 Å². The van der Waals surface area contributed by atoms with Crippen LogP contribution in [0.25, 0.3) is 0 Å². The van der Waals surface area contributed by atoms with E-state index in [1.54, 1.807) is 6.92 Å². The molecule has 0 unspecified atom stereocenters. The molecule has 23 heavy (non-hydrogen) atoms. The van der Waals surface area contributed by atoms with Crippen LogP contribution in [0.4, 0.5) is 10.1 Å². The van der Waals surface area contributed by atoms with E-state index >= 15 is 0 Å². The molecule has 0 radical (unpaired) electrons. The Morgan fingerprint density at radius 2 is 1.87 bits per heavy atom. The average molecular weight is 342 g/mol. The van der Waals surface area contributed by atoms with Crippen LogP contribution in [-0.2, 0) is 19.1 Å². The quantitative estimate of drug-likeness (QED) is 0.701. The van der Waals surface area contributed by atoms with Crippen LogP contribution in [0.5, 0.6) is 0 Å². The zero-order valence-electron chi connectivity index (χ0n) is 12.9. The smallest absolute Gasteiger partial charge is 0.316 e. The molecule has 0 heterocycles. The van der Waals surface area contributed by atoms with Crippen LogP contribution >= 0.6 is 11.8 Å². The van der Waals surface area contributed by atoms with Crippen molar-refractivity contribution in [2.45, 2.75) is 20.0 Å². The Morgan fingerprint density at radius 1 is 1.22 bits per heavy atom. The lowest BCUT2D eigenvalue weighted by atomic mass is 10.3. The Hall–Kier alpha value is -2.09. The molecule has 0 saturated carbocycles. The Bertz CT molecular complexity index is 551. The summed E-state index contributed by atoms with van der Waals surface area (Å²) in [6.45, 7) is 3.70. The SMILES string of the molecule is CCNC(=O)[C@H](C)OC(=O)CSCC(=O)Nc1ccc(F)cc1. The first kappa shape index (κ1) is 19.0. The van der Waals surface area contributed by atoms with Crippen molar-refractivity contribution in [3.63, 3.8) is 0 Å². The van der Waals surface area contributed by atoms with Crippen LogP contribution in [0.15, 0.2) is 24.3 Å². The monoisotopic (exact) mass is 342 g/mol. The van der Waals surface area contributed by atoms with Crippen molar-refractivity contribution in [2.75, 3.05) is 23.4 Å². The fourth-order valence-corrected chi connectivity index (χ4v) is 2.15. The molecule has 1 atom stereocenters. The summed E-state index contributed by atoms with van der Waals surface area (Å²) in [7, 11) is 0. The van der Waals surface area contributed by atoms with Crippen LogP contribution in [0.3, 0.4) is 0 Å². The molecular formula is C15H19FN2O4S. The van der Waals surface area contributed by atoms with E-state index in [0.717, 1.165) is 11.8 Å². The number of nitrogens with one attached hydrogen (secondary N) is 2. The molecule has 0 fully saturated rings. The summed E-state index contributed by atoms with van der Waals surface area (Å²) in [6, 6.07) is 5.37. The second-order valence-electron chi connectivity index (χ2n) is 4.57. The van der Waals surface area contributed by atoms with Gasteiger partial charge in [-0.25, -0.2) is 4.39 Å². The number of amides is 2. The third-order valence-electron chi connectivity index (χ3n) is 2.61. The number of carbonyl (C=O) groups excluding carboxylic acids is 3. The van der Waals surface area contributed by atoms with E-state index in [1.807, 2.05) is 0 Å². The summed E-state index contributed by atoms with van der Waals surface area (Å²) in [6.07, 6.45) is -0.865. The van der Waals surface area contributed by atoms with Crippen molar-refractivity contribution in [3.8, 4) is 0 Å². The average Bonchev–Trinajstić information content (AvgIpc) is 2.49. The Labute approximate surface area is 138 Å². The van der Waals surface area contributed by atoms with Gasteiger partial charge < -0.3 is 15.4 Å². The fourth-order valence-electron chi connectivity index (χ4n) is 1.56. The van der Waals surface area contributed by atoms with Gasteiger partial charge in [0, 0.05) is 12.2 Å². The van der Waals surface area contributed by atoms with Gasteiger partial charge in [0.15, 0.2) is 6.10 Å². The molecule has 1 rings (SSSR count). The number of hydrogen-bond acceptors (Lipinski definition) is 5. The Kier molecular flexibility index (Phi) is 8.10. The molecule has 0 aliphatic rings. The number of halogens is 1. The number of likely N-dealkylation sites (N-methyl/N-ethyl adjacent to an activating group) is 1. The number of rotatable bonds is 8. The standard InChI is InChI=1S/C15H19FN2O4S/c1-3-17-15(21)10(2)22-14(20)9-23-8-13(19)18-12-6-4-11(16)5-7-12/h4-7,10H,3,8-9H2,1-2H3,(H,17,21)(H,18,19)/t10-/m0/s1. The largest absolute Gasteiger partial charge is 0.452 e. The number of thioether (sulfide) groups is 1. The summed E-state index contributed by atoms with van der Waals surface area (Å²) >= 11 is 1.07. The van der Waals surface area contributed by atoms with Crippen LogP contribution in [0.1, 0.15) is 13.8 Å². The van der Waals surface area contributed by atoms with Gasteiger partial charge in [-0.05, 0) is 38.1 Å². The minimum Gasteiger partial charge on any atom is -0.452 e. The van der Waals surface area contributed by atoms with E-state index in [1.165, 1.54) is 31.2 Å². The van der Waals surface area contributed by atoms with E-state index in [9.17, 15) is 18.8 Å². The van der Waals surface area contributed by atoms with Crippen molar-refractivity contribution in [1.82, 2.24) is 5.32 Å². The molecule has 0 saturated heterocycles. The van der Waals surface area contributed by atoms with Gasteiger partial charge in [0.05, 0.1) is 11.5 Å². The van der Waals surface area contributed by atoms with E-state index < -0.39 is 12.1 Å². The minimum absolute atomic E-state index is 0.0411. The van der Waals surface area contributed by atoms with Gasteiger partial charge in [-0.1, -0.05) is 0 Å². The van der Waals surface area contributed by atoms with Gasteiger partial charge in [0.2, 0.25) is 5.91 Å². The second-order valence-corrected chi connectivity index (χ2v) is 5.56. The molecule has 1 aromatic rings. The molecule has 0 spiro atoms. The first-order valence-corrected chi connectivity index (χ1v) is 8.18. The third kappa shape index (κ3) is 7.64. The highest BCUT2D eigenvalue weighted by atomic mass is 32.2. The highest BCUT2D eigenvalue weighted by Crippen LogP contribution is 2.10. The second kappa shape index (κ2) is 9.83. The summed E-state index contributed by atoms with van der Waals surface area (Å²) in [5, 5.41) is 5.12. The van der Waals surface area contributed by atoms with Crippen LogP contribution < -0.4 is 10.6 Å². The maximum absolute atomic E-state index is 12.7. The van der Waals surface area contributed by atoms with Gasteiger partial charge in [-0.3, -0.25) is 14.4 Å². The maximum Gasteiger partial charge on any atom is 0.316 e. The molecule has 6 nitrogen and oxygen atoms in total. The first-order valence-electron chi connectivity index (χ1n) is 7.02. The molecule has 126 valence electrons. The van der Waals surface area contributed by atoms with Crippen molar-refractivity contribution in [3.05, 3.63) is 30.1 Å². The molecule has 0 aromatic heterocycles. The number of ether oxygens (including phenoxy) is 1. The number of anilines is 1. The van der Waals surface area contributed by atoms with Gasteiger partial charge in [-0.15, -0.1) is 11.8 Å². The third-order valence-corrected chi connectivity index (χ3v) is 3.52. The number of benzene rings is 1. The number of hydrogen-bond donors (Lipinski definition) is 2. The maximum atomic E-state index is 12.7. The first-order chi connectivity index (χ1) is 10.9. The van der Waals surface area contributed by atoms with Crippen LogP contribution in [0.2, 0.25) is 0 Å². The van der Waals surface area contributed by atoms with E-state index in [-0.39, 0.29) is 29.1 Å². The van der Waals surface area contributed by atoms with Crippen molar-refractivity contribution in [2.24, 2.45) is 0 Å².